The van der Waals surface area contributed by atoms with Gasteiger partial charge in [0.05, 0.1) is 18.7 Å². The summed E-state index contributed by atoms with van der Waals surface area (Å²) in [6, 6.07) is 15.6. The lowest BCUT2D eigenvalue weighted by atomic mass is 10.1. The minimum absolute atomic E-state index is 0.111. The van der Waals surface area contributed by atoms with Crippen LogP contribution in [0.3, 0.4) is 0 Å². The lowest BCUT2D eigenvalue weighted by Gasteiger charge is -2.33. The highest BCUT2D eigenvalue weighted by molar-refractivity contribution is 5.97. The summed E-state index contributed by atoms with van der Waals surface area (Å²) in [5.74, 6) is -0.448. The molecule has 6 heteroatoms. The van der Waals surface area contributed by atoms with Gasteiger partial charge in [-0.15, -0.1) is 0 Å². The number of morpholine rings is 1. The molecule has 24 heavy (non-hydrogen) atoms. The highest BCUT2D eigenvalue weighted by Gasteiger charge is 2.28. The summed E-state index contributed by atoms with van der Waals surface area (Å²) in [5, 5.41) is 0. The number of alkyl halides is 2. The molecule has 1 heterocycles. The number of nitrogens with zero attached hydrogens (tertiary/aromatic N) is 1. The second kappa shape index (κ2) is 7.40. The van der Waals surface area contributed by atoms with Gasteiger partial charge in [0.15, 0.2) is 0 Å². The Kier molecular flexibility index (Phi) is 5.05. The molecule has 0 aliphatic carbocycles. The molecule has 3 rings (SSSR count). The Hall–Kier alpha value is -2.47. The molecule has 126 valence electrons. The van der Waals surface area contributed by atoms with Crippen LogP contribution >= 0.6 is 0 Å². The van der Waals surface area contributed by atoms with E-state index in [1.165, 1.54) is 12.1 Å². The van der Waals surface area contributed by atoms with Gasteiger partial charge < -0.3 is 14.4 Å². The lowest BCUT2D eigenvalue weighted by molar-refractivity contribution is -0.0508. The van der Waals surface area contributed by atoms with E-state index in [-0.39, 0.29) is 23.3 Å². The molecular formula is C18H17F2NO3. The molecule has 2 aromatic carbocycles. The van der Waals surface area contributed by atoms with Crippen molar-refractivity contribution in [3.05, 3.63) is 65.7 Å². The van der Waals surface area contributed by atoms with E-state index in [9.17, 15) is 13.6 Å². The third-order valence-corrected chi connectivity index (χ3v) is 3.86. The standard InChI is InChI=1S/C18H17F2NO3/c19-18(20)24-15-9-5-4-8-14(15)17(22)21-10-11-23-16(12-21)13-6-2-1-3-7-13/h1-9,16,18H,10-12H2. The van der Waals surface area contributed by atoms with E-state index in [2.05, 4.69) is 4.74 Å². The number of hydrogen-bond donors (Lipinski definition) is 0. The second-order valence-corrected chi connectivity index (χ2v) is 5.40. The fraction of sp³-hybridized carbons (Fsp3) is 0.278. The molecule has 1 fully saturated rings. The zero-order chi connectivity index (χ0) is 16.9. The SMILES string of the molecule is O=C(c1ccccc1OC(F)F)N1CCOC(c2ccccc2)C1. The van der Waals surface area contributed by atoms with Gasteiger partial charge in [-0.05, 0) is 17.7 Å². The molecule has 0 N–H and O–H groups in total. The molecule has 0 bridgehead atoms. The molecular weight excluding hydrogens is 316 g/mol. The number of carbonyl (C=O) groups is 1. The molecule has 1 aliphatic rings. The summed E-state index contributed by atoms with van der Waals surface area (Å²) in [6.07, 6.45) is -0.230. The van der Waals surface area contributed by atoms with Crippen LogP contribution in [0.4, 0.5) is 8.78 Å². The van der Waals surface area contributed by atoms with Gasteiger partial charge in [-0.3, -0.25) is 4.79 Å². The van der Waals surface area contributed by atoms with Crippen LogP contribution in [0.15, 0.2) is 54.6 Å². The number of amides is 1. The van der Waals surface area contributed by atoms with Crippen LogP contribution in [-0.4, -0.2) is 37.1 Å². The Morgan fingerprint density at radius 2 is 1.83 bits per heavy atom. The van der Waals surface area contributed by atoms with E-state index >= 15 is 0 Å². The third-order valence-electron chi connectivity index (χ3n) is 3.86. The molecule has 1 saturated heterocycles. The van der Waals surface area contributed by atoms with Crippen molar-refractivity contribution in [3.8, 4) is 5.75 Å². The summed E-state index contributed by atoms with van der Waals surface area (Å²) in [7, 11) is 0. The molecule has 1 aliphatic heterocycles. The summed E-state index contributed by atoms with van der Waals surface area (Å²) in [6.45, 7) is -1.80. The monoisotopic (exact) mass is 333 g/mol. The van der Waals surface area contributed by atoms with E-state index in [1.807, 2.05) is 30.3 Å². The lowest BCUT2D eigenvalue weighted by Crippen LogP contribution is -2.42. The second-order valence-electron chi connectivity index (χ2n) is 5.40. The number of ether oxygens (including phenoxy) is 2. The summed E-state index contributed by atoms with van der Waals surface area (Å²) in [4.78, 5) is 14.3. The predicted octanol–water partition coefficient (Wildman–Crippen LogP) is 3.50. The molecule has 1 atom stereocenters. The van der Waals surface area contributed by atoms with Gasteiger partial charge in [0, 0.05) is 6.54 Å². The van der Waals surface area contributed by atoms with Crippen molar-refractivity contribution in [2.45, 2.75) is 12.7 Å². The highest BCUT2D eigenvalue weighted by Crippen LogP contribution is 2.26. The molecule has 2 aromatic rings. The van der Waals surface area contributed by atoms with Crippen molar-refractivity contribution in [1.82, 2.24) is 4.90 Å². The first kappa shape index (κ1) is 16.4. The van der Waals surface area contributed by atoms with Crippen molar-refractivity contribution in [2.75, 3.05) is 19.7 Å². The quantitative estimate of drug-likeness (QED) is 0.859. The number of benzene rings is 2. The zero-order valence-corrected chi connectivity index (χ0v) is 12.9. The maximum atomic E-state index is 12.7. The highest BCUT2D eigenvalue weighted by atomic mass is 19.3. The molecule has 0 spiro atoms. The molecule has 0 radical (unpaired) electrons. The first-order valence-corrected chi connectivity index (χ1v) is 7.65. The Bertz CT molecular complexity index is 694. The van der Waals surface area contributed by atoms with Crippen molar-refractivity contribution in [3.63, 3.8) is 0 Å². The van der Waals surface area contributed by atoms with E-state index < -0.39 is 6.61 Å². The first-order valence-electron chi connectivity index (χ1n) is 7.65. The average molecular weight is 333 g/mol. The molecule has 0 saturated carbocycles. The normalized spacial score (nSPS) is 17.8. The van der Waals surface area contributed by atoms with Gasteiger partial charge in [-0.25, -0.2) is 0 Å². The van der Waals surface area contributed by atoms with Crippen molar-refractivity contribution < 1.29 is 23.0 Å². The van der Waals surface area contributed by atoms with Gasteiger partial charge in [0.1, 0.15) is 11.9 Å². The van der Waals surface area contributed by atoms with Gasteiger partial charge in [-0.2, -0.15) is 8.78 Å². The minimum atomic E-state index is -2.97. The number of halogens is 2. The zero-order valence-electron chi connectivity index (χ0n) is 12.9. The predicted molar refractivity (Wildman–Crippen MR) is 84.1 cm³/mol. The Morgan fingerprint density at radius 3 is 2.58 bits per heavy atom. The number of para-hydroxylation sites is 1. The van der Waals surface area contributed by atoms with Crippen LogP contribution in [0.2, 0.25) is 0 Å². The number of rotatable bonds is 4. The maximum absolute atomic E-state index is 12.7. The fourth-order valence-corrected chi connectivity index (χ4v) is 2.72. The smallest absolute Gasteiger partial charge is 0.387 e. The Balaban J connectivity index is 1.78. The van der Waals surface area contributed by atoms with Crippen LogP contribution in [0.1, 0.15) is 22.0 Å². The number of hydrogen-bond acceptors (Lipinski definition) is 3. The van der Waals surface area contributed by atoms with Gasteiger partial charge >= 0.3 is 6.61 Å². The average Bonchev–Trinajstić information content (AvgIpc) is 2.62. The molecule has 1 unspecified atom stereocenters. The largest absolute Gasteiger partial charge is 0.434 e. The van der Waals surface area contributed by atoms with E-state index in [0.29, 0.717) is 19.7 Å². The maximum Gasteiger partial charge on any atom is 0.387 e. The summed E-state index contributed by atoms with van der Waals surface area (Å²) >= 11 is 0. The van der Waals surface area contributed by atoms with Gasteiger partial charge in [-0.1, -0.05) is 42.5 Å². The van der Waals surface area contributed by atoms with Crippen molar-refractivity contribution in [2.24, 2.45) is 0 Å². The van der Waals surface area contributed by atoms with Gasteiger partial charge in [0.25, 0.3) is 5.91 Å². The van der Waals surface area contributed by atoms with E-state index in [1.54, 1.807) is 17.0 Å². The summed E-state index contributed by atoms with van der Waals surface area (Å²) < 4.78 is 35.2. The number of carbonyl (C=O) groups excluding carboxylic acids is 1. The van der Waals surface area contributed by atoms with Crippen LogP contribution < -0.4 is 4.74 Å². The van der Waals surface area contributed by atoms with Crippen LogP contribution in [0, 0.1) is 0 Å². The minimum Gasteiger partial charge on any atom is -0.434 e. The molecule has 4 nitrogen and oxygen atoms in total. The van der Waals surface area contributed by atoms with Gasteiger partial charge in [0.2, 0.25) is 0 Å². The van der Waals surface area contributed by atoms with Crippen LogP contribution in [-0.2, 0) is 4.74 Å². The van der Waals surface area contributed by atoms with E-state index in [0.717, 1.165) is 5.56 Å². The Labute approximate surface area is 138 Å². The van der Waals surface area contributed by atoms with Crippen molar-refractivity contribution in [1.29, 1.82) is 0 Å². The van der Waals surface area contributed by atoms with E-state index in [4.69, 9.17) is 4.74 Å². The Morgan fingerprint density at radius 1 is 1.12 bits per heavy atom. The topological polar surface area (TPSA) is 38.8 Å². The fourth-order valence-electron chi connectivity index (χ4n) is 2.72. The van der Waals surface area contributed by atoms with Crippen molar-refractivity contribution >= 4 is 5.91 Å². The molecule has 1 amide bonds. The summed E-state index contributed by atoms with van der Waals surface area (Å²) in [5.41, 5.74) is 1.11. The molecule has 0 aromatic heterocycles. The van der Waals surface area contributed by atoms with Crippen LogP contribution in [0.25, 0.3) is 0 Å². The van der Waals surface area contributed by atoms with Crippen LogP contribution in [0.5, 0.6) is 5.75 Å². The third kappa shape index (κ3) is 3.71. The first-order chi connectivity index (χ1) is 11.6.